The summed E-state index contributed by atoms with van der Waals surface area (Å²) in [4.78, 5) is 12.7. The summed E-state index contributed by atoms with van der Waals surface area (Å²) in [7, 11) is 1.45. The molecule has 0 spiro atoms. The number of benzene rings is 1. The smallest absolute Gasteiger partial charge is 0.236 e. The first-order valence-corrected chi connectivity index (χ1v) is 6.01. The fraction of sp³-hybridized carbons (Fsp3) is 0.462. The number of methoxy groups -OCH3 is 1. The number of anilines is 2. The Bertz CT molecular complexity index is 463. The van der Waals surface area contributed by atoms with Crippen molar-refractivity contribution in [3.8, 4) is 5.75 Å². The fourth-order valence-corrected chi connectivity index (χ4v) is 1.85. The van der Waals surface area contributed by atoms with E-state index in [9.17, 15) is 9.18 Å². The van der Waals surface area contributed by atoms with E-state index in [0.717, 1.165) is 0 Å². The SMILES string of the molecule is COc1cc(N(CC(N)=O)CC(C)C)c(F)cc1N. The predicted molar refractivity (Wildman–Crippen MR) is 73.6 cm³/mol. The largest absolute Gasteiger partial charge is 0.495 e. The number of hydrogen-bond acceptors (Lipinski definition) is 4. The van der Waals surface area contributed by atoms with Crippen molar-refractivity contribution in [1.82, 2.24) is 0 Å². The lowest BCUT2D eigenvalue weighted by Gasteiger charge is -2.26. The minimum absolute atomic E-state index is 0.0534. The number of hydrogen-bond donors (Lipinski definition) is 2. The standard InChI is InChI=1S/C13H20FN3O2/c1-8(2)6-17(7-13(16)18)11-5-12(19-3)10(15)4-9(11)14/h4-5,8H,6-7,15H2,1-3H3,(H2,16,18). The molecule has 0 atom stereocenters. The highest BCUT2D eigenvalue weighted by molar-refractivity contribution is 5.80. The van der Waals surface area contributed by atoms with Gasteiger partial charge in [0.05, 0.1) is 25.0 Å². The molecule has 0 aromatic heterocycles. The maximum atomic E-state index is 14.0. The average Bonchev–Trinajstić information content (AvgIpc) is 2.27. The first kappa shape index (κ1) is 15.1. The molecule has 5 nitrogen and oxygen atoms in total. The number of carbonyl (C=O) groups excluding carboxylic acids is 1. The molecular weight excluding hydrogens is 249 g/mol. The summed E-state index contributed by atoms with van der Waals surface area (Å²) < 4.78 is 19.1. The number of halogens is 1. The highest BCUT2D eigenvalue weighted by Gasteiger charge is 2.17. The third kappa shape index (κ3) is 4.01. The van der Waals surface area contributed by atoms with Gasteiger partial charge in [-0.3, -0.25) is 4.79 Å². The Labute approximate surface area is 112 Å². The van der Waals surface area contributed by atoms with Crippen LogP contribution in [-0.4, -0.2) is 26.1 Å². The van der Waals surface area contributed by atoms with Gasteiger partial charge in [-0.05, 0) is 5.92 Å². The lowest BCUT2D eigenvalue weighted by molar-refractivity contribution is -0.116. The molecule has 1 rings (SSSR count). The van der Waals surface area contributed by atoms with Gasteiger partial charge in [-0.15, -0.1) is 0 Å². The van der Waals surface area contributed by atoms with E-state index >= 15 is 0 Å². The van der Waals surface area contributed by atoms with E-state index < -0.39 is 11.7 Å². The lowest BCUT2D eigenvalue weighted by atomic mass is 10.1. The van der Waals surface area contributed by atoms with Gasteiger partial charge in [0.2, 0.25) is 5.91 Å². The minimum atomic E-state index is -0.518. The van der Waals surface area contributed by atoms with Crippen LogP contribution in [0.1, 0.15) is 13.8 Å². The van der Waals surface area contributed by atoms with Crippen LogP contribution in [0.5, 0.6) is 5.75 Å². The molecule has 0 heterocycles. The second-order valence-corrected chi connectivity index (χ2v) is 4.79. The van der Waals surface area contributed by atoms with Crippen molar-refractivity contribution in [2.24, 2.45) is 11.7 Å². The molecule has 4 N–H and O–H groups in total. The van der Waals surface area contributed by atoms with Gasteiger partial charge in [0.15, 0.2) is 0 Å². The Hall–Kier alpha value is -1.98. The quantitative estimate of drug-likeness (QED) is 0.764. The van der Waals surface area contributed by atoms with Crippen LogP contribution in [0.4, 0.5) is 15.8 Å². The van der Waals surface area contributed by atoms with Crippen molar-refractivity contribution in [3.63, 3.8) is 0 Å². The van der Waals surface area contributed by atoms with Crippen molar-refractivity contribution in [3.05, 3.63) is 17.9 Å². The number of nitrogens with zero attached hydrogens (tertiary/aromatic N) is 1. The first-order valence-electron chi connectivity index (χ1n) is 6.01. The Kier molecular flexibility index (Phi) is 4.97. The van der Waals surface area contributed by atoms with E-state index in [1.165, 1.54) is 19.2 Å². The average molecular weight is 269 g/mol. The third-order valence-electron chi connectivity index (χ3n) is 2.57. The van der Waals surface area contributed by atoms with Crippen molar-refractivity contribution in [2.45, 2.75) is 13.8 Å². The molecule has 6 heteroatoms. The van der Waals surface area contributed by atoms with Crippen LogP contribution in [0.15, 0.2) is 12.1 Å². The number of amides is 1. The molecule has 106 valence electrons. The fourth-order valence-electron chi connectivity index (χ4n) is 1.85. The Morgan fingerprint density at radius 3 is 2.58 bits per heavy atom. The lowest BCUT2D eigenvalue weighted by Crippen LogP contribution is -2.36. The summed E-state index contributed by atoms with van der Waals surface area (Å²) in [6, 6.07) is 2.67. The van der Waals surface area contributed by atoms with Gasteiger partial charge < -0.3 is 21.1 Å². The van der Waals surface area contributed by atoms with E-state index in [-0.39, 0.29) is 23.8 Å². The molecular formula is C13H20FN3O2. The van der Waals surface area contributed by atoms with Crippen molar-refractivity contribution in [1.29, 1.82) is 0 Å². The maximum absolute atomic E-state index is 14.0. The topological polar surface area (TPSA) is 81.6 Å². The van der Waals surface area contributed by atoms with Crippen LogP contribution in [0, 0.1) is 11.7 Å². The van der Waals surface area contributed by atoms with Gasteiger partial charge >= 0.3 is 0 Å². The van der Waals surface area contributed by atoms with Gasteiger partial charge in [0.25, 0.3) is 0 Å². The molecule has 0 radical (unpaired) electrons. The highest BCUT2D eigenvalue weighted by Crippen LogP contribution is 2.31. The molecule has 19 heavy (non-hydrogen) atoms. The normalized spacial score (nSPS) is 10.6. The molecule has 0 unspecified atom stereocenters. The zero-order valence-corrected chi connectivity index (χ0v) is 11.4. The highest BCUT2D eigenvalue weighted by atomic mass is 19.1. The molecule has 1 aromatic rings. The van der Waals surface area contributed by atoms with Crippen molar-refractivity contribution < 1.29 is 13.9 Å². The monoisotopic (exact) mass is 269 g/mol. The second kappa shape index (κ2) is 6.26. The molecule has 1 amide bonds. The number of nitrogens with two attached hydrogens (primary N) is 2. The summed E-state index contributed by atoms with van der Waals surface area (Å²) in [5, 5.41) is 0. The molecule has 0 bridgehead atoms. The molecule has 0 saturated carbocycles. The van der Waals surface area contributed by atoms with Gasteiger partial charge in [-0.2, -0.15) is 0 Å². The summed E-state index contributed by atoms with van der Waals surface area (Å²) in [6.07, 6.45) is 0. The zero-order chi connectivity index (χ0) is 14.6. The molecule has 0 fully saturated rings. The van der Waals surface area contributed by atoms with Crippen molar-refractivity contribution in [2.75, 3.05) is 30.8 Å². The van der Waals surface area contributed by atoms with Gasteiger partial charge in [-0.1, -0.05) is 13.8 Å². The number of nitrogen functional groups attached to an aromatic ring is 1. The third-order valence-corrected chi connectivity index (χ3v) is 2.57. The summed E-state index contributed by atoms with van der Waals surface area (Å²) >= 11 is 0. The van der Waals surface area contributed by atoms with Crippen LogP contribution in [0.3, 0.4) is 0 Å². The molecule has 0 aliphatic rings. The predicted octanol–water partition coefficient (Wildman–Crippen LogP) is 1.36. The molecule has 1 aromatic carbocycles. The van der Waals surface area contributed by atoms with Crippen LogP contribution in [0.2, 0.25) is 0 Å². The minimum Gasteiger partial charge on any atom is -0.495 e. The molecule has 0 aliphatic heterocycles. The number of ether oxygens (including phenoxy) is 1. The van der Waals surface area contributed by atoms with Gasteiger partial charge in [-0.25, -0.2) is 4.39 Å². The number of rotatable bonds is 6. The number of primary amides is 1. The number of carbonyl (C=O) groups is 1. The van der Waals surface area contributed by atoms with Gasteiger partial charge in [0, 0.05) is 18.7 Å². The maximum Gasteiger partial charge on any atom is 0.236 e. The van der Waals surface area contributed by atoms with Crippen LogP contribution >= 0.6 is 0 Å². The van der Waals surface area contributed by atoms with E-state index in [2.05, 4.69) is 0 Å². The van der Waals surface area contributed by atoms with E-state index in [4.69, 9.17) is 16.2 Å². The van der Waals surface area contributed by atoms with E-state index in [1.54, 1.807) is 4.90 Å². The summed E-state index contributed by atoms with van der Waals surface area (Å²) in [5.41, 5.74) is 11.3. The summed E-state index contributed by atoms with van der Waals surface area (Å²) in [6.45, 7) is 4.40. The van der Waals surface area contributed by atoms with Crippen LogP contribution in [-0.2, 0) is 4.79 Å². The van der Waals surface area contributed by atoms with E-state index in [1.807, 2.05) is 13.8 Å². The Morgan fingerprint density at radius 1 is 1.47 bits per heavy atom. The Balaban J connectivity index is 3.16. The molecule has 0 aliphatic carbocycles. The van der Waals surface area contributed by atoms with E-state index in [0.29, 0.717) is 12.3 Å². The summed E-state index contributed by atoms with van der Waals surface area (Å²) in [5.74, 6) is -0.395. The van der Waals surface area contributed by atoms with Crippen molar-refractivity contribution >= 4 is 17.3 Å². The Morgan fingerprint density at radius 2 is 2.11 bits per heavy atom. The van der Waals surface area contributed by atoms with Gasteiger partial charge in [0.1, 0.15) is 11.6 Å². The zero-order valence-electron chi connectivity index (χ0n) is 11.4. The van der Waals surface area contributed by atoms with Crippen LogP contribution in [0.25, 0.3) is 0 Å². The second-order valence-electron chi connectivity index (χ2n) is 4.79. The van der Waals surface area contributed by atoms with Crippen LogP contribution < -0.4 is 21.1 Å². The molecule has 0 saturated heterocycles. The first-order chi connectivity index (χ1) is 8.85.